The Hall–Kier alpha value is -2.19. The Morgan fingerprint density at radius 2 is 2.19 bits per heavy atom. The van der Waals surface area contributed by atoms with E-state index in [0.29, 0.717) is 35.9 Å². The molecule has 7 heteroatoms. The van der Waals surface area contributed by atoms with Crippen molar-refractivity contribution in [3.8, 4) is 5.75 Å². The zero-order chi connectivity index (χ0) is 21.4. The van der Waals surface area contributed by atoms with Crippen molar-refractivity contribution in [3.05, 3.63) is 65.0 Å². The van der Waals surface area contributed by atoms with Gasteiger partial charge in [0, 0.05) is 17.8 Å². The second kappa shape index (κ2) is 8.39. The van der Waals surface area contributed by atoms with Crippen LogP contribution >= 0.6 is 12.3 Å². The van der Waals surface area contributed by atoms with Gasteiger partial charge in [0.05, 0.1) is 0 Å². The van der Waals surface area contributed by atoms with Gasteiger partial charge in [-0.05, 0) is 96.4 Å². The number of pyridine rings is 1. The predicted octanol–water partition coefficient (Wildman–Crippen LogP) is 4.96. The number of hydrogen-bond donors (Lipinski definition) is 1. The molecule has 0 spiro atoms. The van der Waals surface area contributed by atoms with E-state index in [0.717, 1.165) is 49.0 Å². The maximum absolute atomic E-state index is 13.4. The van der Waals surface area contributed by atoms with Crippen molar-refractivity contribution in [2.24, 2.45) is 23.1 Å². The first-order valence-corrected chi connectivity index (χ1v) is 11.4. The van der Waals surface area contributed by atoms with Crippen molar-refractivity contribution in [3.63, 3.8) is 0 Å². The highest BCUT2D eigenvalue weighted by Gasteiger charge is 2.56. The minimum absolute atomic E-state index is 0.244. The molecule has 162 valence electrons. The second-order valence-electron chi connectivity index (χ2n) is 9.04. The molecule has 31 heavy (non-hydrogen) atoms. The van der Waals surface area contributed by atoms with E-state index in [4.69, 9.17) is 10.1 Å². The van der Waals surface area contributed by atoms with Crippen LogP contribution in [-0.2, 0) is 20.5 Å². The minimum atomic E-state index is -0.244. The number of rotatable bonds is 5. The number of carbonyl (C=O) groups excluding carboxylic acids is 1. The van der Waals surface area contributed by atoms with E-state index in [9.17, 15) is 4.79 Å². The molecule has 6 nitrogen and oxygen atoms in total. The number of fused-ring (bicyclic) bond motifs is 5. The Balaban J connectivity index is 1.39. The zero-order valence-corrected chi connectivity index (χ0v) is 18.3. The monoisotopic (exact) mass is 438 g/mol. The van der Waals surface area contributed by atoms with Crippen LogP contribution in [0.1, 0.15) is 55.2 Å². The summed E-state index contributed by atoms with van der Waals surface area (Å²) in [6, 6.07) is 10.2. The zero-order valence-electron chi connectivity index (χ0n) is 17.5. The topological polar surface area (TPSA) is 83.7 Å². The van der Waals surface area contributed by atoms with Crippen LogP contribution in [0.3, 0.4) is 0 Å². The van der Waals surface area contributed by atoms with E-state index >= 15 is 0 Å². The average molecular weight is 439 g/mol. The molecule has 1 aromatic heterocycles. The Morgan fingerprint density at radius 1 is 1.29 bits per heavy atom. The molecule has 0 radical (unpaired) electrons. The van der Waals surface area contributed by atoms with Gasteiger partial charge in [-0.1, -0.05) is 19.1 Å². The normalized spacial score (nSPS) is 30.6. The van der Waals surface area contributed by atoms with E-state index in [1.165, 1.54) is 11.1 Å². The van der Waals surface area contributed by atoms with Crippen molar-refractivity contribution in [1.82, 2.24) is 4.98 Å². The largest absolute Gasteiger partial charge is 0.399 e. The van der Waals surface area contributed by atoms with Gasteiger partial charge < -0.3 is 4.18 Å². The molecule has 0 bridgehead atoms. The number of benzene rings is 1. The molecule has 3 unspecified atom stereocenters. The smallest absolute Gasteiger partial charge is 0.260 e. The number of aromatic nitrogens is 1. The summed E-state index contributed by atoms with van der Waals surface area (Å²) in [6.45, 7) is 2.20. The Morgan fingerprint density at radius 3 is 3.00 bits per heavy atom. The lowest BCUT2D eigenvalue weighted by Crippen LogP contribution is -2.42. The number of nitrogens with two attached hydrogens (primary N) is 1. The summed E-state index contributed by atoms with van der Waals surface area (Å²) < 4.78 is 9.97. The minimum Gasteiger partial charge on any atom is -0.399 e. The van der Waals surface area contributed by atoms with Gasteiger partial charge >= 0.3 is 0 Å². The number of nitrogens with zero attached hydrogens (tertiary/aromatic N) is 1. The van der Waals surface area contributed by atoms with Crippen molar-refractivity contribution in [2.75, 3.05) is 0 Å². The van der Waals surface area contributed by atoms with Crippen LogP contribution in [0.2, 0.25) is 0 Å². The Kier molecular flexibility index (Phi) is 5.60. The highest BCUT2D eigenvalue weighted by molar-refractivity contribution is 7.90. The molecule has 4 atom stereocenters. The number of Topliss-reactive ketones (excluding diaryl/α,β-unsaturated/α-hetero) is 1. The average Bonchev–Trinajstić information content (AvgIpc) is 3.05. The maximum atomic E-state index is 13.4. The van der Waals surface area contributed by atoms with Crippen LogP contribution in [0.15, 0.2) is 48.3 Å². The van der Waals surface area contributed by atoms with E-state index < -0.39 is 0 Å². The third kappa shape index (κ3) is 3.69. The molecule has 1 aromatic carbocycles. The van der Waals surface area contributed by atoms with E-state index in [1.807, 2.05) is 24.4 Å². The third-order valence-corrected chi connectivity index (χ3v) is 7.96. The summed E-state index contributed by atoms with van der Waals surface area (Å²) >= 11 is 0.698. The fourth-order valence-corrected chi connectivity index (χ4v) is 6.38. The van der Waals surface area contributed by atoms with Crippen LogP contribution in [0, 0.1) is 17.3 Å². The van der Waals surface area contributed by atoms with Crippen molar-refractivity contribution in [1.29, 1.82) is 0 Å². The van der Waals surface area contributed by atoms with Crippen LogP contribution in [0.4, 0.5) is 0 Å². The van der Waals surface area contributed by atoms with Crippen molar-refractivity contribution >= 4 is 24.2 Å². The molecule has 1 heterocycles. The van der Waals surface area contributed by atoms with Gasteiger partial charge in [0.2, 0.25) is 0 Å². The van der Waals surface area contributed by atoms with Gasteiger partial charge in [0.1, 0.15) is 5.75 Å². The van der Waals surface area contributed by atoms with Gasteiger partial charge in [-0.3, -0.25) is 9.78 Å². The summed E-state index contributed by atoms with van der Waals surface area (Å²) in [5.74, 6) is 7.33. The van der Waals surface area contributed by atoms with Gasteiger partial charge in [0.25, 0.3) is 12.3 Å². The summed E-state index contributed by atoms with van der Waals surface area (Å²) in [4.78, 5) is 21.7. The first-order chi connectivity index (χ1) is 15.1. The molecule has 2 N–H and O–H groups in total. The molecule has 2 saturated carbocycles. The standard InChI is InChI=1S/C24H26N2O4S/c1-24-9-8-20-19-7-5-18(28-31-30-29-25)12-16(19)4-6-21(20)22(24)13-17(23(24)27)11-15-3-2-10-26-14-15/h2-3,5,7,10-12,14,20-22H,4,6,8-9,13,25H2,1H3/t20?,21?,22?,24-/m0/s1. The molecule has 2 fully saturated rings. The lowest BCUT2D eigenvalue weighted by molar-refractivity contribution is -0.199. The lowest BCUT2D eigenvalue weighted by atomic mass is 9.55. The summed E-state index contributed by atoms with van der Waals surface area (Å²) in [5, 5.41) is 0. The molecular weight excluding hydrogens is 412 g/mol. The summed E-state index contributed by atoms with van der Waals surface area (Å²) in [6.07, 6.45) is 10.6. The van der Waals surface area contributed by atoms with E-state index in [1.54, 1.807) is 6.20 Å². The van der Waals surface area contributed by atoms with Crippen LogP contribution in [0.25, 0.3) is 6.08 Å². The quantitative estimate of drug-likeness (QED) is 0.232. The van der Waals surface area contributed by atoms with Gasteiger partial charge in [-0.15, -0.1) is 9.32 Å². The number of aryl methyl sites for hydroxylation is 1. The first-order valence-electron chi connectivity index (χ1n) is 10.7. The molecule has 3 aliphatic rings. The number of ketones is 1. The van der Waals surface area contributed by atoms with Crippen LogP contribution < -0.4 is 10.1 Å². The predicted molar refractivity (Wildman–Crippen MR) is 118 cm³/mol. The molecule has 0 aliphatic heterocycles. The molecule has 5 rings (SSSR count). The molecule has 2 aromatic rings. The molecule has 0 saturated heterocycles. The van der Waals surface area contributed by atoms with Gasteiger partial charge in [-0.2, -0.15) is 5.90 Å². The van der Waals surface area contributed by atoms with Crippen LogP contribution in [-0.4, -0.2) is 10.8 Å². The van der Waals surface area contributed by atoms with Crippen molar-refractivity contribution in [2.45, 2.75) is 44.9 Å². The highest BCUT2D eigenvalue weighted by Crippen LogP contribution is 2.60. The number of hydrogen-bond acceptors (Lipinski definition) is 7. The maximum Gasteiger partial charge on any atom is 0.260 e. The van der Waals surface area contributed by atoms with Gasteiger partial charge in [0.15, 0.2) is 5.78 Å². The first kappa shape index (κ1) is 20.7. The van der Waals surface area contributed by atoms with E-state index in [2.05, 4.69) is 39.4 Å². The number of allylic oxidation sites excluding steroid dienone is 1. The van der Waals surface area contributed by atoms with E-state index in [-0.39, 0.29) is 5.41 Å². The fraction of sp³-hybridized carbons (Fsp3) is 0.417. The summed E-state index contributed by atoms with van der Waals surface area (Å²) in [5.41, 5.74) is 4.46. The third-order valence-electron chi connectivity index (χ3n) is 7.56. The second-order valence-corrected chi connectivity index (χ2v) is 9.48. The highest BCUT2D eigenvalue weighted by atomic mass is 32.2. The SMILES string of the molecule is C[C@]12CCC3c4ccc(OSOON)cc4CCC3C1CC(=Cc1cccnc1)C2=O. The fourth-order valence-electron chi connectivity index (χ4n) is 6.14. The summed E-state index contributed by atoms with van der Waals surface area (Å²) in [7, 11) is 0. The van der Waals surface area contributed by atoms with Crippen LogP contribution in [0.5, 0.6) is 5.75 Å². The molecule has 3 aliphatic carbocycles. The van der Waals surface area contributed by atoms with Gasteiger partial charge in [-0.25, -0.2) is 0 Å². The Bertz CT molecular complexity index is 1010. The molecule has 0 amide bonds. The number of carbonyl (C=O) groups is 1. The van der Waals surface area contributed by atoms with Crippen molar-refractivity contribution < 1.29 is 18.3 Å². The Labute approximate surface area is 186 Å². The lowest BCUT2D eigenvalue weighted by Gasteiger charge is -2.48. The molecular formula is C24H26N2O4S.